The summed E-state index contributed by atoms with van der Waals surface area (Å²) in [7, 11) is 4.24. The van der Waals surface area contributed by atoms with E-state index in [1.807, 2.05) is 11.8 Å². The molecule has 2 heterocycles. The Balaban J connectivity index is 0.000000162. The van der Waals surface area contributed by atoms with Crippen molar-refractivity contribution >= 4 is 44.9 Å². The molecule has 0 saturated heterocycles. The minimum atomic E-state index is 0.500. The number of rotatable bonds is 0. The molecule has 6 rings (SSSR count). The predicted octanol–water partition coefficient (Wildman–Crippen LogP) is 11.4. The van der Waals surface area contributed by atoms with Crippen molar-refractivity contribution in [2.24, 2.45) is 17.9 Å². The second kappa shape index (κ2) is 12.8. The number of nitrogens with zero attached hydrogens (tertiary/aromatic N) is 2. The first-order valence-corrected chi connectivity index (χ1v) is 14.6. The van der Waals surface area contributed by atoms with Gasteiger partial charge in [0.2, 0.25) is 0 Å². The number of anilines is 2. The Bertz CT molecular complexity index is 1380. The zero-order chi connectivity index (χ0) is 28.8. The summed E-state index contributed by atoms with van der Waals surface area (Å²) in [5, 5.41) is 2.68. The zero-order valence-corrected chi connectivity index (χ0v) is 26.4. The van der Waals surface area contributed by atoms with Gasteiger partial charge >= 0.3 is 0 Å². The minimum Gasteiger partial charge on any atom is -0.344 e. The molecule has 0 saturated carbocycles. The van der Waals surface area contributed by atoms with Crippen molar-refractivity contribution in [3.8, 4) is 0 Å². The van der Waals surface area contributed by atoms with E-state index in [9.17, 15) is 0 Å². The molecule has 1 aromatic heterocycles. The van der Waals surface area contributed by atoms with Gasteiger partial charge in [-0.1, -0.05) is 128 Å². The molecular weight excluding hydrogens is 492 g/mol. The van der Waals surface area contributed by atoms with Gasteiger partial charge in [0, 0.05) is 45.7 Å². The molecule has 1 aliphatic heterocycles. The third-order valence-corrected chi connectivity index (χ3v) is 6.62. The molecule has 206 valence electrons. The van der Waals surface area contributed by atoms with E-state index in [1.54, 1.807) is 0 Å². The van der Waals surface area contributed by atoms with Crippen molar-refractivity contribution in [1.29, 1.82) is 0 Å². The molecule has 0 radical (unpaired) electrons. The average Bonchev–Trinajstić information content (AvgIpc) is 3.15. The number of hydrogen-bond acceptors (Lipinski definition) is 2. The van der Waals surface area contributed by atoms with Gasteiger partial charge in [0.15, 0.2) is 0 Å². The fourth-order valence-corrected chi connectivity index (χ4v) is 5.16. The van der Waals surface area contributed by atoms with Crippen LogP contribution in [0.5, 0.6) is 0 Å². The van der Waals surface area contributed by atoms with Crippen LogP contribution in [0.4, 0.5) is 11.4 Å². The molecule has 0 unspecified atom stereocenters. The lowest BCUT2D eigenvalue weighted by atomic mass is 10.0. The molecule has 1 aliphatic rings. The third kappa shape index (κ3) is 8.93. The summed E-state index contributed by atoms with van der Waals surface area (Å²) in [5.74, 6) is 0. The van der Waals surface area contributed by atoms with Gasteiger partial charge in [-0.05, 0) is 47.2 Å². The molecule has 39 heavy (non-hydrogen) atoms. The maximum atomic E-state index is 2.25. The number of fused-ring (bicyclic) bond motifs is 5. The van der Waals surface area contributed by atoms with E-state index < -0.39 is 0 Å². The van der Waals surface area contributed by atoms with Crippen molar-refractivity contribution in [1.82, 2.24) is 4.57 Å². The molecule has 0 N–H and O–H groups in total. The number of para-hydroxylation sites is 4. The predicted molar refractivity (Wildman–Crippen MR) is 176 cm³/mol. The van der Waals surface area contributed by atoms with Crippen LogP contribution in [0.1, 0.15) is 55.4 Å². The Morgan fingerprint density at radius 1 is 0.462 bits per heavy atom. The first kappa shape index (κ1) is 30.4. The maximum Gasteiger partial charge on any atom is 0.0550 e. The van der Waals surface area contributed by atoms with Crippen LogP contribution < -0.4 is 4.90 Å². The van der Waals surface area contributed by atoms with Crippen molar-refractivity contribution in [3.63, 3.8) is 0 Å². The summed E-state index contributed by atoms with van der Waals surface area (Å²) < 4.78 is 2.24. The third-order valence-electron chi connectivity index (χ3n) is 5.49. The molecule has 3 heteroatoms. The second-order valence-electron chi connectivity index (χ2n) is 13.2. The Morgan fingerprint density at radius 2 is 0.769 bits per heavy atom. The van der Waals surface area contributed by atoms with Crippen molar-refractivity contribution in [2.45, 2.75) is 65.2 Å². The summed E-state index contributed by atoms with van der Waals surface area (Å²) in [5.41, 5.74) is 6.18. The van der Waals surface area contributed by atoms with Crippen LogP contribution in [0.3, 0.4) is 0 Å². The van der Waals surface area contributed by atoms with Crippen LogP contribution in [0, 0.1) is 10.8 Å². The van der Waals surface area contributed by atoms with E-state index in [0.717, 1.165) is 0 Å². The quantitative estimate of drug-likeness (QED) is 0.194. The molecule has 0 aliphatic carbocycles. The molecule has 0 amide bonds. The lowest BCUT2D eigenvalue weighted by Gasteiger charge is -2.29. The van der Waals surface area contributed by atoms with E-state index in [2.05, 4.69) is 176 Å². The highest BCUT2D eigenvalue weighted by Gasteiger charge is 2.18. The zero-order valence-electron chi connectivity index (χ0n) is 25.5. The largest absolute Gasteiger partial charge is 0.344 e. The average molecular weight is 539 g/mol. The smallest absolute Gasteiger partial charge is 0.0550 e. The molecule has 0 atom stereocenters. The topological polar surface area (TPSA) is 8.17 Å². The van der Waals surface area contributed by atoms with Crippen LogP contribution in [0.15, 0.2) is 107 Å². The lowest BCUT2D eigenvalue weighted by molar-refractivity contribution is 0.469. The van der Waals surface area contributed by atoms with Crippen LogP contribution in [-0.2, 0) is 7.05 Å². The number of aryl methyl sites for hydroxylation is 1. The van der Waals surface area contributed by atoms with Gasteiger partial charge < -0.3 is 9.47 Å². The lowest BCUT2D eigenvalue weighted by Crippen LogP contribution is -2.14. The SMILES string of the molecule is CC(C)(C)C.CC(C)(C)C.CN1c2ccccc2Sc2ccccc21.Cn1c2ccccc2c2ccccc21. The van der Waals surface area contributed by atoms with E-state index in [0.29, 0.717) is 10.8 Å². The Labute approximate surface area is 241 Å². The van der Waals surface area contributed by atoms with Gasteiger partial charge in [0.1, 0.15) is 0 Å². The summed E-state index contributed by atoms with van der Waals surface area (Å²) in [6.07, 6.45) is 0. The minimum absolute atomic E-state index is 0.500. The van der Waals surface area contributed by atoms with Gasteiger partial charge in [-0.25, -0.2) is 0 Å². The van der Waals surface area contributed by atoms with Gasteiger partial charge in [-0.15, -0.1) is 0 Å². The van der Waals surface area contributed by atoms with Crippen molar-refractivity contribution < 1.29 is 0 Å². The fraction of sp³-hybridized carbons (Fsp3) is 0.333. The molecule has 4 aromatic carbocycles. The van der Waals surface area contributed by atoms with E-state index >= 15 is 0 Å². The van der Waals surface area contributed by atoms with Crippen LogP contribution in [-0.4, -0.2) is 11.6 Å². The standard InChI is InChI=1S/C13H11NS.C13H11N.2C5H12/c1-14-10-6-2-4-8-12(10)15-13-9-5-3-7-11(13)14;1-14-12-8-4-2-6-10(12)11-7-3-5-9-13(11)14;2*1-5(2,3)4/h2-9H,1H3;2-9H,1H3;2*1-4H3. The fourth-order valence-electron chi connectivity index (χ4n) is 4.01. The van der Waals surface area contributed by atoms with Gasteiger partial charge in [0.25, 0.3) is 0 Å². The molecule has 0 bridgehead atoms. The highest BCUT2D eigenvalue weighted by Crippen LogP contribution is 2.46. The number of benzene rings is 4. The number of hydrogen-bond donors (Lipinski definition) is 0. The van der Waals surface area contributed by atoms with E-state index in [4.69, 9.17) is 0 Å². The van der Waals surface area contributed by atoms with Crippen LogP contribution in [0.2, 0.25) is 0 Å². The van der Waals surface area contributed by atoms with Crippen molar-refractivity contribution in [3.05, 3.63) is 97.1 Å². The molecule has 0 fully saturated rings. The van der Waals surface area contributed by atoms with Gasteiger partial charge in [-0.3, -0.25) is 0 Å². The van der Waals surface area contributed by atoms with Crippen molar-refractivity contribution in [2.75, 3.05) is 11.9 Å². The normalized spacial score (nSPS) is 12.2. The van der Waals surface area contributed by atoms with E-state index in [-0.39, 0.29) is 0 Å². The van der Waals surface area contributed by atoms with Crippen LogP contribution in [0.25, 0.3) is 21.8 Å². The Kier molecular flexibility index (Phi) is 9.96. The Hall–Kier alpha value is -3.17. The molecule has 5 aromatic rings. The van der Waals surface area contributed by atoms with Gasteiger partial charge in [0.05, 0.1) is 11.4 Å². The summed E-state index contributed by atoms with van der Waals surface area (Å²) >= 11 is 1.84. The monoisotopic (exact) mass is 538 g/mol. The van der Waals surface area contributed by atoms with Gasteiger partial charge in [-0.2, -0.15) is 0 Å². The first-order chi connectivity index (χ1) is 18.2. The van der Waals surface area contributed by atoms with Crippen LogP contribution >= 0.6 is 11.8 Å². The Morgan fingerprint density at radius 3 is 1.15 bits per heavy atom. The first-order valence-electron chi connectivity index (χ1n) is 13.8. The summed E-state index contributed by atoms with van der Waals surface area (Å²) in [6.45, 7) is 17.5. The maximum absolute atomic E-state index is 2.25. The highest BCUT2D eigenvalue weighted by molar-refractivity contribution is 7.99. The highest BCUT2D eigenvalue weighted by atomic mass is 32.2. The second-order valence-corrected chi connectivity index (χ2v) is 14.3. The summed E-state index contributed by atoms with van der Waals surface area (Å²) in [4.78, 5) is 4.92. The molecule has 2 nitrogen and oxygen atoms in total. The molecular formula is C36H46N2S. The number of aromatic nitrogens is 1. The molecule has 0 spiro atoms. The summed E-state index contributed by atoms with van der Waals surface area (Å²) in [6, 6.07) is 34.1. The van der Waals surface area contributed by atoms with E-state index in [1.165, 1.54) is 43.0 Å².